The molecule has 0 N–H and O–H groups in total. The third-order valence-corrected chi connectivity index (χ3v) is 13.5. The van der Waals surface area contributed by atoms with Gasteiger partial charge in [-0.25, -0.2) is 4.98 Å². The monoisotopic (exact) mass is 808 g/mol. The van der Waals surface area contributed by atoms with Crippen LogP contribution in [0.15, 0.2) is 182 Å². The highest BCUT2D eigenvalue weighted by molar-refractivity contribution is 6.24. The number of ether oxygens (including phenoxy) is 1. The Kier molecular flexibility index (Phi) is 6.77. The summed E-state index contributed by atoms with van der Waals surface area (Å²) in [5, 5.41) is 7.15. The summed E-state index contributed by atoms with van der Waals surface area (Å²) in [6.07, 6.45) is 7.51. The van der Waals surface area contributed by atoms with Gasteiger partial charge in [0.1, 0.15) is 17.3 Å². The molecule has 0 fully saturated rings. The van der Waals surface area contributed by atoms with Crippen molar-refractivity contribution < 1.29 is 9.30 Å². The average molecular weight is 809 g/mol. The van der Waals surface area contributed by atoms with Gasteiger partial charge in [0.15, 0.2) is 5.82 Å². The number of benzene rings is 7. The molecular weight excluding hydrogens is 773 g/mol. The Bertz CT molecular complexity index is 4040. The van der Waals surface area contributed by atoms with E-state index in [0.717, 1.165) is 49.9 Å². The first kappa shape index (κ1) is 34.4. The lowest BCUT2D eigenvalue weighted by Crippen LogP contribution is -2.29. The summed E-state index contributed by atoms with van der Waals surface area (Å²) in [6, 6.07) is 60.8. The van der Waals surface area contributed by atoms with Gasteiger partial charge in [0.2, 0.25) is 0 Å². The second-order valence-corrected chi connectivity index (χ2v) is 17.3. The average Bonchev–Trinajstić information content (AvgIpc) is 4.07. The number of fused-ring (bicyclic) bond motifs is 21. The van der Waals surface area contributed by atoms with Crippen molar-refractivity contribution in [3.8, 4) is 39.9 Å². The van der Waals surface area contributed by atoms with Gasteiger partial charge < -0.3 is 9.14 Å². The minimum atomic E-state index is -0.427. The molecule has 0 saturated heterocycles. The molecule has 0 aliphatic carbocycles. The molecule has 1 aliphatic heterocycles. The number of imidazole rings is 1. The Balaban J connectivity index is 1.11. The van der Waals surface area contributed by atoms with E-state index >= 15 is 0 Å². The first-order valence-corrected chi connectivity index (χ1v) is 21.4. The second-order valence-electron chi connectivity index (χ2n) is 17.3. The van der Waals surface area contributed by atoms with E-state index in [1.165, 1.54) is 54.8 Å². The zero-order valence-electron chi connectivity index (χ0n) is 34.4. The van der Waals surface area contributed by atoms with Crippen molar-refractivity contribution in [1.29, 1.82) is 0 Å². The second kappa shape index (κ2) is 12.4. The molecule has 7 heteroatoms. The maximum atomic E-state index is 6.75. The van der Waals surface area contributed by atoms with Gasteiger partial charge in [0.05, 0.1) is 44.3 Å². The molecular formula is C56H36N6O. The zero-order chi connectivity index (χ0) is 41.6. The van der Waals surface area contributed by atoms with Crippen LogP contribution in [0.5, 0.6) is 11.5 Å². The van der Waals surface area contributed by atoms with Crippen molar-refractivity contribution in [2.24, 2.45) is 0 Å². The first-order valence-electron chi connectivity index (χ1n) is 21.4. The fraction of sp³-hybridized carbons (Fsp3) is 0.0536. The van der Waals surface area contributed by atoms with Crippen LogP contribution in [0, 0.1) is 6.33 Å². The molecule has 0 amide bonds. The van der Waals surface area contributed by atoms with Gasteiger partial charge in [-0.15, -0.1) is 0 Å². The van der Waals surface area contributed by atoms with Gasteiger partial charge in [-0.1, -0.05) is 105 Å². The van der Waals surface area contributed by atoms with E-state index < -0.39 is 5.41 Å². The number of hydrogen-bond donors (Lipinski definition) is 0. The molecule has 13 aromatic rings. The van der Waals surface area contributed by atoms with Gasteiger partial charge in [-0.2, -0.15) is 0 Å². The lowest BCUT2D eigenvalue weighted by atomic mass is 9.76. The molecule has 7 nitrogen and oxygen atoms in total. The molecule has 296 valence electrons. The van der Waals surface area contributed by atoms with Crippen molar-refractivity contribution in [3.63, 3.8) is 0 Å². The molecule has 0 saturated carbocycles. The molecule has 7 aromatic carbocycles. The first-order chi connectivity index (χ1) is 31.0. The van der Waals surface area contributed by atoms with E-state index in [1.807, 2.05) is 22.9 Å². The molecule has 10 bridgehead atoms. The number of pyridine rings is 2. The Morgan fingerprint density at radius 2 is 1.29 bits per heavy atom. The Hall–Kier alpha value is -8.29. The summed E-state index contributed by atoms with van der Waals surface area (Å²) >= 11 is 0. The van der Waals surface area contributed by atoms with Gasteiger partial charge in [0, 0.05) is 62.3 Å². The Labute approximate surface area is 361 Å². The number of hydrogen-bond acceptors (Lipinski definition) is 3. The van der Waals surface area contributed by atoms with Crippen LogP contribution in [-0.2, 0) is 5.41 Å². The van der Waals surface area contributed by atoms with Crippen LogP contribution in [0.2, 0.25) is 0 Å². The molecule has 0 spiro atoms. The molecule has 0 radical (unpaired) electrons. The van der Waals surface area contributed by atoms with E-state index in [0.29, 0.717) is 17.3 Å². The van der Waals surface area contributed by atoms with Gasteiger partial charge in [0.25, 0.3) is 6.33 Å². The largest absolute Gasteiger partial charge is 0.458 e. The zero-order valence-corrected chi connectivity index (χ0v) is 34.4. The summed E-state index contributed by atoms with van der Waals surface area (Å²) in [7, 11) is 0. The fourth-order valence-electron chi connectivity index (χ4n) is 10.5. The summed E-state index contributed by atoms with van der Waals surface area (Å²) in [5.41, 5.74) is 13.1. The van der Waals surface area contributed by atoms with Crippen molar-refractivity contribution in [1.82, 2.24) is 23.5 Å². The SMILES string of the molecule is CC1(C)c2ccnc(c2)-n2c3ccc(-c4ccccc4)cc3c3ccc(cc32)Oc2ccnc(c2)-n2[c-][n+](c3ccccc32)-c2cc3c4ccccc4n4c5cccc1c5c(c2)c34. The van der Waals surface area contributed by atoms with E-state index in [-0.39, 0.29) is 0 Å². The van der Waals surface area contributed by atoms with E-state index in [4.69, 9.17) is 14.7 Å². The fourth-order valence-corrected chi connectivity index (χ4v) is 10.5. The van der Waals surface area contributed by atoms with Crippen molar-refractivity contribution in [2.75, 3.05) is 0 Å². The van der Waals surface area contributed by atoms with Crippen molar-refractivity contribution in [3.05, 3.63) is 200 Å². The van der Waals surface area contributed by atoms with E-state index in [9.17, 15) is 0 Å². The maximum absolute atomic E-state index is 6.75. The quantitative estimate of drug-likeness (QED) is 0.123. The third-order valence-electron chi connectivity index (χ3n) is 13.5. The summed E-state index contributed by atoms with van der Waals surface area (Å²) in [6.45, 7) is 4.70. The number of para-hydroxylation sites is 3. The summed E-state index contributed by atoms with van der Waals surface area (Å²) < 4.78 is 15.7. The minimum Gasteiger partial charge on any atom is -0.458 e. The number of aromatic nitrogens is 6. The van der Waals surface area contributed by atoms with Crippen molar-refractivity contribution in [2.45, 2.75) is 19.3 Å². The molecule has 0 atom stereocenters. The van der Waals surface area contributed by atoms with E-state index in [1.54, 1.807) is 6.20 Å². The van der Waals surface area contributed by atoms with Crippen LogP contribution >= 0.6 is 0 Å². The number of rotatable bonds is 1. The Morgan fingerprint density at radius 1 is 0.524 bits per heavy atom. The van der Waals surface area contributed by atoms with Crippen LogP contribution in [0.25, 0.3) is 99.4 Å². The Morgan fingerprint density at radius 3 is 2.21 bits per heavy atom. The molecule has 6 aromatic heterocycles. The van der Waals surface area contributed by atoms with Crippen molar-refractivity contribution >= 4 is 70.9 Å². The highest BCUT2D eigenvalue weighted by atomic mass is 16.5. The van der Waals surface area contributed by atoms with E-state index in [2.05, 4.69) is 191 Å². The highest BCUT2D eigenvalue weighted by Crippen LogP contribution is 2.46. The topological polar surface area (TPSA) is 53.2 Å². The molecule has 14 rings (SSSR count). The maximum Gasteiger partial charge on any atom is 0.271 e. The van der Waals surface area contributed by atoms with Crippen LogP contribution < -0.4 is 9.30 Å². The molecule has 1 aliphatic rings. The summed E-state index contributed by atoms with van der Waals surface area (Å²) in [4.78, 5) is 10.0. The normalized spacial score (nSPS) is 13.5. The molecule has 7 heterocycles. The highest BCUT2D eigenvalue weighted by Gasteiger charge is 2.30. The van der Waals surface area contributed by atoms with Crippen LogP contribution in [0.1, 0.15) is 25.0 Å². The minimum absolute atomic E-state index is 0.427. The van der Waals surface area contributed by atoms with Gasteiger partial charge in [-0.3, -0.25) is 18.7 Å². The predicted molar refractivity (Wildman–Crippen MR) is 252 cm³/mol. The van der Waals surface area contributed by atoms with Crippen LogP contribution in [0.4, 0.5) is 0 Å². The smallest absolute Gasteiger partial charge is 0.271 e. The van der Waals surface area contributed by atoms with Gasteiger partial charge in [-0.05, 0) is 89.0 Å². The lowest BCUT2D eigenvalue weighted by molar-refractivity contribution is -0.572. The van der Waals surface area contributed by atoms with Crippen LogP contribution in [-0.4, -0.2) is 23.5 Å². The van der Waals surface area contributed by atoms with Gasteiger partial charge >= 0.3 is 0 Å². The standard InChI is InChI=1S/C56H36N6O/c1-56(2)36-23-25-58-53(28-36)61-47-22-19-35(34-11-4-3-5-12-34)27-42(47)41-21-20-38(31-51(41)61)63-39-24-26-57-52(32-39)60-33-59(48-16-8-9-17-49(48)60)37-29-43-40-13-6-7-15-46(40)62-50-18-10-14-45(56)54(50)44(30-37)55(43)62/h3-32H,1-2H3. The predicted octanol–water partition coefficient (Wildman–Crippen LogP) is 12.8. The third kappa shape index (κ3) is 4.76. The number of nitrogens with zero attached hydrogens (tertiary/aromatic N) is 6. The lowest BCUT2D eigenvalue weighted by Gasteiger charge is -2.28. The van der Waals surface area contributed by atoms with Crippen LogP contribution in [0.3, 0.4) is 0 Å². The summed E-state index contributed by atoms with van der Waals surface area (Å²) in [5.74, 6) is 2.95. The molecule has 63 heavy (non-hydrogen) atoms. The molecule has 0 unspecified atom stereocenters.